The molecule has 1 unspecified atom stereocenters. The maximum Gasteiger partial charge on any atom is 0.197 e. The average molecular weight is 413 g/mol. The zero-order chi connectivity index (χ0) is 23.5. The van der Waals surface area contributed by atoms with Crippen LogP contribution in [0, 0.1) is 27.6 Å². The summed E-state index contributed by atoms with van der Waals surface area (Å²) < 4.78 is 0. The van der Waals surface area contributed by atoms with Gasteiger partial charge >= 0.3 is 0 Å². The number of hydrogen-bond donors (Lipinski definition) is 2. The van der Waals surface area contributed by atoms with Crippen molar-refractivity contribution in [3.8, 4) is 0 Å². The van der Waals surface area contributed by atoms with Crippen molar-refractivity contribution in [2.24, 2.45) is 27.6 Å². The molecule has 0 radical (unpaired) electrons. The molecule has 2 nitrogen and oxygen atoms in total. The van der Waals surface area contributed by atoms with Gasteiger partial charge in [-0.05, 0) is 38.4 Å². The molecule has 0 saturated heterocycles. The van der Waals surface area contributed by atoms with E-state index in [-0.39, 0.29) is 21.7 Å². The van der Waals surface area contributed by atoms with Crippen LogP contribution < -0.4 is 0 Å². The summed E-state index contributed by atoms with van der Waals surface area (Å²) in [5.74, 6) is -2.40. The monoisotopic (exact) mass is 412 g/mol. The molecule has 0 bridgehead atoms. The van der Waals surface area contributed by atoms with Gasteiger partial charge in [-0.2, -0.15) is 0 Å². The molecule has 0 saturated carbocycles. The Balaban J connectivity index is 3.24. The van der Waals surface area contributed by atoms with Crippen LogP contribution in [0.15, 0.2) is 47.1 Å². The first kappa shape index (κ1) is 24.9. The van der Waals surface area contributed by atoms with Gasteiger partial charge < -0.3 is 10.2 Å². The zero-order valence-corrected chi connectivity index (χ0v) is 21.4. The summed E-state index contributed by atoms with van der Waals surface area (Å²) in [6.07, 6.45) is 0. The van der Waals surface area contributed by atoms with Crippen LogP contribution in [0.2, 0.25) is 0 Å². The zero-order valence-electron chi connectivity index (χ0n) is 21.4. The summed E-state index contributed by atoms with van der Waals surface area (Å²) >= 11 is 0. The topological polar surface area (TPSA) is 40.5 Å². The predicted octanol–water partition coefficient (Wildman–Crippen LogP) is 7.23. The Kier molecular flexibility index (Phi) is 6.09. The van der Waals surface area contributed by atoms with E-state index in [2.05, 4.69) is 83.1 Å². The summed E-state index contributed by atoms with van der Waals surface area (Å²) in [7, 11) is 0. The minimum atomic E-state index is -1.97. The molecule has 1 aliphatic carbocycles. The maximum absolute atomic E-state index is 12.0. The molecule has 1 aromatic carbocycles. The van der Waals surface area contributed by atoms with Crippen molar-refractivity contribution >= 4 is 5.57 Å². The highest BCUT2D eigenvalue weighted by Crippen LogP contribution is 2.61. The highest BCUT2D eigenvalue weighted by molar-refractivity contribution is 5.82. The second kappa shape index (κ2) is 7.35. The van der Waals surface area contributed by atoms with E-state index in [0.29, 0.717) is 5.57 Å². The quantitative estimate of drug-likeness (QED) is 0.478. The molecule has 2 rings (SSSR count). The number of aliphatic hydroxyl groups is 2. The summed E-state index contributed by atoms with van der Waals surface area (Å²) in [5, 5.41) is 24.0. The third kappa shape index (κ3) is 4.46. The van der Waals surface area contributed by atoms with Gasteiger partial charge in [0.05, 0.1) is 0 Å². The Morgan fingerprint density at radius 2 is 1.07 bits per heavy atom. The third-order valence-electron chi connectivity index (χ3n) is 6.06. The van der Waals surface area contributed by atoms with Crippen LogP contribution in [0.25, 0.3) is 5.57 Å². The van der Waals surface area contributed by atoms with Crippen LogP contribution in [0.5, 0.6) is 0 Å². The molecular formula is C28H44O2. The largest absolute Gasteiger partial charge is 0.361 e. The van der Waals surface area contributed by atoms with Crippen LogP contribution in [0.4, 0.5) is 0 Å². The van der Waals surface area contributed by atoms with Crippen LogP contribution in [-0.2, 0) is 0 Å². The maximum atomic E-state index is 12.0. The molecule has 0 fully saturated rings. The van der Waals surface area contributed by atoms with Gasteiger partial charge in [-0.1, -0.05) is 119 Å². The van der Waals surface area contributed by atoms with Crippen molar-refractivity contribution in [1.82, 2.24) is 0 Å². The minimum Gasteiger partial charge on any atom is -0.361 e. The van der Waals surface area contributed by atoms with Gasteiger partial charge in [0.1, 0.15) is 0 Å². The van der Waals surface area contributed by atoms with Crippen molar-refractivity contribution in [3.05, 3.63) is 52.6 Å². The lowest BCUT2D eigenvalue weighted by Gasteiger charge is -2.54. The van der Waals surface area contributed by atoms with E-state index >= 15 is 0 Å². The number of benzene rings is 1. The Morgan fingerprint density at radius 3 is 1.40 bits per heavy atom. The van der Waals surface area contributed by atoms with Crippen LogP contribution in [-0.4, -0.2) is 16.0 Å². The van der Waals surface area contributed by atoms with Crippen molar-refractivity contribution < 1.29 is 10.2 Å². The van der Waals surface area contributed by atoms with Gasteiger partial charge in [-0.25, -0.2) is 0 Å². The first-order chi connectivity index (χ1) is 13.2. The normalized spacial score (nSPS) is 21.3. The highest BCUT2D eigenvalue weighted by Gasteiger charge is 2.56. The van der Waals surface area contributed by atoms with Gasteiger partial charge in [0.15, 0.2) is 5.79 Å². The Labute approximate surface area is 185 Å². The molecule has 1 atom stereocenters. The van der Waals surface area contributed by atoms with Crippen LogP contribution in [0.3, 0.4) is 0 Å². The third-order valence-corrected chi connectivity index (χ3v) is 6.06. The first-order valence-electron chi connectivity index (χ1n) is 11.2. The van der Waals surface area contributed by atoms with Gasteiger partial charge in [-0.15, -0.1) is 0 Å². The first-order valence-corrected chi connectivity index (χ1v) is 11.2. The SMILES string of the molecule is CC(C)(C)C1=C(C(C)(C)C)C(C(C)(C)C)C(O)(O)C(c2ccccc2)=C1C(C)(C)C. The van der Waals surface area contributed by atoms with Crippen molar-refractivity contribution in [2.75, 3.05) is 0 Å². The summed E-state index contributed by atoms with van der Waals surface area (Å²) in [6, 6.07) is 9.94. The van der Waals surface area contributed by atoms with Crippen molar-refractivity contribution in [3.63, 3.8) is 0 Å². The molecule has 0 amide bonds. The number of hydrogen-bond acceptors (Lipinski definition) is 2. The molecule has 2 N–H and O–H groups in total. The molecule has 168 valence electrons. The molecule has 0 aromatic heterocycles. The van der Waals surface area contributed by atoms with E-state index in [1.807, 2.05) is 30.3 Å². The fraction of sp³-hybridized carbons (Fsp3) is 0.643. The van der Waals surface area contributed by atoms with Gasteiger partial charge in [0, 0.05) is 11.5 Å². The van der Waals surface area contributed by atoms with Crippen molar-refractivity contribution in [1.29, 1.82) is 0 Å². The molecule has 0 heterocycles. The summed E-state index contributed by atoms with van der Waals surface area (Å²) in [4.78, 5) is 0. The van der Waals surface area contributed by atoms with E-state index in [1.165, 1.54) is 5.57 Å². The van der Waals surface area contributed by atoms with Gasteiger partial charge in [-0.3, -0.25) is 0 Å². The van der Waals surface area contributed by atoms with Gasteiger partial charge in [0.25, 0.3) is 0 Å². The standard InChI is InChI=1S/C28H44O2/c1-24(2,3)20-19(18-16-14-13-15-17-18)28(29,30)23(27(10,11)12)22(26(7,8)9)21(20)25(4,5)6/h13-17,23,29-30H,1-12H3. The molecule has 1 aromatic rings. The second-order valence-corrected chi connectivity index (χ2v) is 13.2. The van der Waals surface area contributed by atoms with Crippen LogP contribution in [0.1, 0.15) is 88.6 Å². The van der Waals surface area contributed by atoms with Gasteiger partial charge in [0.2, 0.25) is 0 Å². The smallest absolute Gasteiger partial charge is 0.197 e. The molecule has 1 aliphatic rings. The molecule has 0 aliphatic heterocycles. The summed E-state index contributed by atoms with van der Waals surface area (Å²) in [5.41, 5.74) is 4.09. The Bertz CT molecular complexity index is 839. The van der Waals surface area contributed by atoms with E-state index in [4.69, 9.17) is 0 Å². The number of rotatable bonds is 1. The molecule has 2 heteroatoms. The summed E-state index contributed by atoms with van der Waals surface area (Å²) in [6.45, 7) is 26.3. The fourth-order valence-corrected chi connectivity index (χ4v) is 5.27. The lowest BCUT2D eigenvalue weighted by atomic mass is 9.53. The average Bonchev–Trinajstić information content (AvgIpc) is 2.49. The predicted molar refractivity (Wildman–Crippen MR) is 129 cm³/mol. The fourth-order valence-electron chi connectivity index (χ4n) is 5.27. The van der Waals surface area contributed by atoms with E-state index in [1.54, 1.807) is 0 Å². The second-order valence-electron chi connectivity index (χ2n) is 13.2. The van der Waals surface area contributed by atoms with E-state index in [9.17, 15) is 10.2 Å². The molecular weight excluding hydrogens is 368 g/mol. The lowest BCUT2D eigenvalue weighted by molar-refractivity contribution is -0.170. The highest BCUT2D eigenvalue weighted by atomic mass is 16.5. The minimum absolute atomic E-state index is 0.148. The molecule has 30 heavy (non-hydrogen) atoms. The van der Waals surface area contributed by atoms with Crippen molar-refractivity contribution in [2.45, 2.75) is 88.9 Å². The van der Waals surface area contributed by atoms with E-state index < -0.39 is 11.7 Å². The van der Waals surface area contributed by atoms with E-state index in [0.717, 1.165) is 16.7 Å². The Hall–Kier alpha value is -1.38. The number of allylic oxidation sites excluding steroid dienone is 2. The van der Waals surface area contributed by atoms with Crippen LogP contribution >= 0.6 is 0 Å². The Morgan fingerprint density at radius 1 is 0.633 bits per heavy atom. The molecule has 0 spiro atoms. The lowest BCUT2D eigenvalue weighted by Crippen LogP contribution is -2.53.